The van der Waals surface area contributed by atoms with Gasteiger partial charge < -0.3 is 20.3 Å². The standard InChI is InChI=1S/C12H21N3O4/c1-4-19-12(18)9(3)15-6-5-14(10(16)7-13)8(2)11(15)17/h8-9H,4-7,13H2,1-3H3/t8-,9-/m0/s1. The van der Waals surface area contributed by atoms with E-state index in [1.165, 1.54) is 9.80 Å². The van der Waals surface area contributed by atoms with Crippen LogP contribution in [0, 0.1) is 0 Å². The average Bonchev–Trinajstić information content (AvgIpc) is 2.40. The summed E-state index contributed by atoms with van der Waals surface area (Å²) in [6, 6.07) is -1.23. The molecule has 2 N–H and O–H groups in total. The van der Waals surface area contributed by atoms with E-state index in [-0.39, 0.29) is 25.0 Å². The maximum atomic E-state index is 12.2. The molecule has 0 saturated carbocycles. The van der Waals surface area contributed by atoms with Gasteiger partial charge in [-0.15, -0.1) is 0 Å². The van der Waals surface area contributed by atoms with Crippen molar-refractivity contribution in [3.63, 3.8) is 0 Å². The first-order valence-corrected chi connectivity index (χ1v) is 6.40. The first-order valence-electron chi connectivity index (χ1n) is 6.40. The second-order valence-electron chi connectivity index (χ2n) is 4.43. The van der Waals surface area contributed by atoms with Gasteiger partial charge in [0.15, 0.2) is 0 Å². The number of esters is 1. The monoisotopic (exact) mass is 271 g/mol. The Morgan fingerprint density at radius 2 is 2.11 bits per heavy atom. The molecular formula is C12H21N3O4. The molecule has 0 aromatic rings. The van der Waals surface area contributed by atoms with Gasteiger partial charge in [0.2, 0.25) is 11.8 Å². The molecule has 2 atom stereocenters. The van der Waals surface area contributed by atoms with Crippen molar-refractivity contribution in [2.45, 2.75) is 32.9 Å². The lowest BCUT2D eigenvalue weighted by atomic mass is 10.1. The van der Waals surface area contributed by atoms with E-state index in [0.29, 0.717) is 13.1 Å². The molecule has 1 aliphatic heterocycles. The molecule has 19 heavy (non-hydrogen) atoms. The van der Waals surface area contributed by atoms with Crippen LogP contribution in [0.25, 0.3) is 0 Å². The van der Waals surface area contributed by atoms with Crippen molar-refractivity contribution in [2.75, 3.05) is 26.2 Å². The fraction of sp³-hybridized carbons (Fsp3) is 0.750. The van der Waals surface area contributed by atoms with Crippen LogP contribution in [0.1, 0.15) is 20.8 Å². The molecule has 0 bridgehead atoms. The molecule has 0 spiro atoms. The number of carbonyl (C=O) groups is 3. The molecule has 1 aliphatic rings. The lowest BCUT2D eigenvalue weighted by Gasteiger charge is -2.40. The first kappa shape index (κ1) is 15.4. The van der Waals surface area contributed by atoms with E-state index in [1.807, 2.05) is 0 Å². The van der Waals surface area contributed by atoms with E-state index < -0.39 is 18.1 Å². The second kappa shape index (κ2) is 6.51. The van der Waals surface area contributed by atoms with E-state index in [9.17, 15) is 14.4 Å². The van der Waals surface area contributed by atoms with Crippen molar-refractivity contribution in [2.24, 2.45) is 5.73 Å². The number of amides is 2. The highest BCUT2D eigenvalue weighted by Crippen LogP contribution is 2.14. The fourth-order valence-electron chi connectivity index (χ4n) is 2.13. The fourth-order valence-corrected chi connectivity index (χ4v) is 2.13. The normalized spacial score (nSPS) is 21.3. The number of nitrogens with two attached hydrogens (primary N) is 1. The van der Waals surface area contributed by atoms with Gasteiger partial charge in [0.05, 0.1) is 13.2 Å². The first-order chi connectivity index (χ1) is 8.93. The average molecular weight is 271 g/mol. The second-order valence-corrected chi connectivity index (χ2v) is 4.43. The zero-order chi connectivity index (χ0) is 14.6. The maximum Gasteiger partial charge on any atom is 0.328 e. The maximum absolute atomic E-state index is 12.2. The number of rotatable bonds is 4. The van der Waals surface area contributed by atoms with Crippen molar-refractivity contribution in [3.05, 3.63) is 0 Å². The van der Waals surface area contributed by atoms with Crippen LogP contribution in [0.4, 0.5) is 0 Å². The van der Waals surface area contributed by atoms with Crippen molar-refractivity contribution in [1.29, 1.82) is 0 Å². The number of nitrogens with zero attached hydrogens (tertiary/aromatic N) is 2. The summed E-state index contributed by atoms with van der Waals surface area (Å²) in [6.45, 7) is 5.83. The molecule has 0 unspecified atom stereocenters. The predicted octanol–water partition coefficient (Wildman–Crippen LogP) is -1.04. The molecule has 0 aromatic heterocycles. The van der Waals surface area contributed by atoms with Gasteiger partial charge in [0.1, 0.15) is 12.1 Å². The van der Waals surface area contributed by atoms with Gasteiger partial charge in [0, 0.05) is 13.1 Å². The van der Waals surface area contributed by atoms with Crippen LogP contribution in [0.5, 0.6) is 0 Å². The summed E-state index contributed by atoms with van der Waals surface area (Å²) < 4.78 is 4.90. The Morgan fingerprint density at radius 1 is 1.47 bits per heavy atom. The Morgan fingerprint density at radius 3 is 2.63 bits per heavy atom. The third-order valence-electron chi connectivity index (χ3n) is 3.28. The Labute approximate surface area is 112 Å². The minimum absolute atomic E-state index is 0.120. The van der Waals surface area contributed by atoms with Gasteiger partial charge in [0.25, 0.3) is 0 Å². The minimum Gasteiger partial charge on any atom is -0.464 e. The summed E-state index contributed by atoms with van der Waals surface area (Å²) in [6.07, 6.45) is 0. The summed E-state index contributed by atoms with van der Waals surface area (Å²) in [5.41, 5.74) is 5.30. The smallest absolute Gasteiger partial charge is 0.328 e. The molecule has 0 aromatic carbocycles. The largest absolute Gasteiger partial charge is 0.464 e. The van der Waals surface area contributed by atoms with E-state index in [1.54, 1.807) is 20.8 Å². The van der Waals surface area contributed by atoms with Crippen LogP contribution in [0.2, 0.25) is 0 Å². The lowest BCUT2D eigenvalue weighted by molar-refractivity contribution is -0.160. The van der Waals surface area contributed by atoms with Crippen molar-refractivity contribution >= 4 is 17.8 Å². The van der Waals surface area contributed by atoms with Crippen molar-refractivity contribution < 1.29 is 19.1 Å². The number of ether oxygens (including phenoxy) is 1. The highest BCUT2D eigenvalue weighted by Gasteiger charge is 2.38. The molecule has 1 rings (SSSR count). The molecule has 1 heterocycles. The van der Waals surface area contributed by atoms with Crippen LogP contribution < -0.4 is 5.73 Å². The third-order valence-corrected chi connectivity index (χ3v) is 3.28. The third kappa shape index (κ3) is 3.23. The highest BCUT2D eigenvalue weighted by atomic mass is 16.5. The summed E-state index contributed by atoms with van der Waals surface area (Å²) in [7, 11) is 0. The molecule has 0 radical (unpaired) electrons. The van der Waals surface area contributed by atoms with E-state index in [0.717, 1.165) is 0 Å². The highest BCUT2D eigenvalue weighted by molar-refractivity contribution is 5.91. The molecular weight excluding hydrogens is 250 g/mol. The van der Waals surface area contributed by atoms with Crippen LogP contribution in [0.15, 0.2) is 0 Å². The molecule has 1 fully saturated rings. The zero-order valence-electron chi connectivity index (χ0n) is 11.6. The van der Waals surface area contributed by atoms with Gasteiger partial charge in [-0.05, 0) is 20.8 Å². The number of piperazine rings is 1. The quantitative estimate of drug-likeness (QED) is 0.659. The van der Waals surface area contributed by atoms with Gasteiger partial charge >= 0.3 is 5.97 Å². The van der Waals surface area contributed by atoms with Gasteiger partial charge in [-0.1, -0.05) is 0 Å². The van der Waals surface area contributed by atoms with Gasteiger partial charge in [-0.25, -0.2) is 4.79 Å². The molecule has 1 saturated heterocycles. The summed E-state index contributed by atoms with van der Waals surface area (Å²) in [5.74, 6) is -0.945. The Balaban J connectivity index is 2.74. The minimum atomic E-state index is -0.634. The van der Waals surface area contributed by atoms with Gasteiger partial charge in [-0.2, -0.15) is 0 Å². The predicted molar refractivity (Wildman–Crippen MR) is 68.0 cm³/mol. The number of hydrogen-bond donors (Lipinski definition) is 1. The Hall–Kier alpha value is -1.63. The van der Waals surface area contributed by atoms with Crippen LogP contribution in [-0.4, -0.2) is 65.9 Å². The van der Waals surface area contributed by atoms with Crippen LogP contribution in [0.3, 0.4) is 0 Å². The Bertz CT molecular complexity index is 372. The van der Waals surface area contributed by atoms with Crippen LogP contribution >= 0.6 is 0 Å². The van der Waals surface area contributed by atoms with E-state index >= 15 is 0 Å². The number of carbonyl (C=O) groups excluding carboxylic acids is 3. The molecule has 7 heteroatoms. The van der Waals surface area contributed by atoms with Crippen molar-refractivity contribution in [3.8, 4) is 0 Å². The van der Waals surface area contributed by atoms with E-state index in [2.05, 4.69) is 0 Å². The lowest BCUT2D eigenvalue weighted by Crippen LogP contribution is -2.61. The zero-order valence-corrected chi connectivity index (χ0v) is 11.6. The van der Waals surface area contributed by atoms with Gasteiger partial charge in [-0.3, -0.25) is 9.59 Å². The Kier molecular flexibility index (Phi) is 5.29. The summed E-state index contributed by atoms with van der Waals surface area (Å²) in [5, 5.41) is 0. The molecule has 2 amide bonds. The van der Waals surface area contributed by atoms with E-state index in [4.69, 9.17) is 10.5 Å². The van der Waals surface area contributed by atoms with Crippen LogP contribution in [-0.2, 0) is 19.1 Å². The molecule has 0 aliphatic carbocycles. The van der Waals surface area contributed by atoms with Crippen molar-refractivity contribution in [1.82, 2.24) is 9.80 Å². The number of hydrogen-bond acceptors (Lipinski definition) is 5. The SMILES string of the molecule is CCOC(=O)[C@H](C)N1CCN(C(=O)CN)[C@@H](C)C1=O. The summed E-state index contributed by atoms with van der Waals surface area (Å²) >= 11 is 0. The molecule has 7 nitrogen and oxygen atoms in total. The summed E-state index contributed by atoms with van der Waals surface area (Å²) in [4.78, 5) is 38.3. The topological polar surface area (TPSA) is 92.9 Å². The molecule has 108 valence electrons.